The molecule has 30 heavy (non-hydrogen) atoms. The third-order valence-electron chi connectivity index (χ3n) is 5.58. The number of carboxylic acids is 1. The Morgan fingerprint density at radius 2 is 1.70 bits per heavy atom. The van der Waals surface area contributed by atoms with Crippen LogP contribution in [0.3, 0.4) is 0 Å². The fourth-order valence-electron chi connectivity index (χ4n) is 3.94. The number of hydrogen-bond acceptors (Lipinski definition) is 4. The molecule has 0 aliphatic heterocycles. The molecule has 0 radical (unpaired) electrons. The number of fused-ring (bicyclic) bond motifs is 3. The number of hydrogen-bond donors (Lipinski definition) is 2. The molecule has 5 rings (SSSR count). The number of rotatable bonds is 5. The second-order valence-corrected chi connectivity index (χ2v) is 9.57. The minimum Gasteiger partial charge on any atom is -0.480 e. The van der Waals surface area contributed by atoms with E-state index in [0.717, 1.165) is 16.3 Å². The maximum atomic E-state index is 13.0. The highest BCUT2D eigenvalue weighted by Gasteiger charge is 2.63. The first-order valence-corrected chi connectivity index (χ1v) is 11.1. The van der Waals surface area contributed by atoms with E-state index >= 15 is 0 Å². The van der Waals surface area contributed by atoms with E-state index in [2.05, 4.69) is 4.72 Å². The van der Waals surface area contributed by atoms with Crippen LogP contribution in [0, 0.1) is 0 Å². The van der Waals surface area contributed by atoms with Gasteiger partial charge >= 0.3 is 5.97 Å². The summed E-state index contributed by atoms with van der Waals surface area (Å²) >= 11 is 6.00. The molecule has 1 saturated carbocycles. The zero-order valence-corrected chi connectivity index (χ0v) is 17.1. The molecule has 1 heterocycles. The summed E-state index contributed by atoms with van der Waals surface area (Å²) in [6.45, 7) is 0. The molecular formula is C22H16ClNO5S. The molecule has 4 aromatic rings. The molecule has 152 valence electrons. The summed E-state index contributed by atoms with van der Waals surface area (Å²) in [6, 6.07) is 18.7. The highest BCUT2D eigenvalue weighted by molar-refractivity contribution is 7.89. The van der Waals surface area contributed by atoms with Crippen LogP contribution in [0.25, 0.3) is 21.9 Å². The standard InChI is InChI=1S/C22H16ClNO5S/c23-14-6-8-16-17-9-7-15(11-20(17)29-19(16)10-14)30(27,28)24-22(21(25)26)12-18(22)13-4-2-1-3-5-13/h1-11,18,24H,12H2,(H,25,26). The van der Waals surface area contributed by atoms with Crippen molar-refractivity contribution in [3.05, 3.63) is 77.3 Å². The number of halogens is 1. The molecule has 8 heteroatoms. The van der Waals surface area contributed by atoms with Gasteiger partial charge in [0.1, 0.15) is 16.7 Å². The van der Waals surface area contributed by atoms with Gasteiger partial charge in [0, 0.05) is 33.8 Å². The van der Waals surface area contributed by atoms with E-state index in [1.807, 2.05) is 12.1 Å². The van der Waals surface area contributed by atoms with Crippen molar-refractivity contribution in [3.63, 3.8) is 0 Å². The molecule has 0 bridgehead atoms. The van der Waals surface area contributed by atoms with E-state index in [9.17, 15) is 18.3 Å². The molecule has 1 fully saturated rings. The van der Waals surface area contributed by atoms with Crippen molar-refractivity contribution in [2.45, 2.75) is 22.8 Å². The van der Waals surface area contributed by atoms with Gasteiger partial charge in [-0.15, -0.1) is 0 Å². The molecule has 6 nitrogen and oxygen atoms in total. The van der Waals surface area contributed by atoms with Crippen LogP contribution in [0.1, 0.15) is 17.9 Å². The fraction of sp³-hybridized carbons (Fsp3) is 0.136. The predicted octanol–water partition coefficient (Wildman–Crippen LogP) is 4.53. The summed E-state index contributed by atoms with van der Waals surface area (Å²) in [6.07, 6.45) is 0.191. The van der Waals surface area contributed by atoms with Crippen LogP contribution >= 0.6 is 11.6 Å². The van der Waals surface area contributed by atoms with Crippen LogP contribution in [0.5, 0.6) is 0 Å². The summed E-state index contributed by atoms with van der Waals surface area (Å²) in [5.41, 5.74) is 0.159. The van der Waals surface area contributed by atoms with Crippen molar-refractivity contribution in [3.8, 4) is 0 Å². The Balaban J connectivity index is 1.52. The first kappa shape index (κ1) is 19.1. The summed E-state index contributed by atoms with van der Waals surface area (Å²) in [5, 5.41) is 11.9. The van der Waals surface area contributed by atoms with Crippen molar-refractivity contribution in [2.24, 2.45) is 0 Å². The van der Waals surface area contributed by atoms with Gasteiger partial charge in [-0.3, -0.25) is 4.79 Å². The van der Waals surface area contributed by atoms with Gasteiger partial charge in [0.05, 0.1) is 4.90 Å². The van der Waals surface area contributed by atoms with E-state index in [-0.39, 0.29) is 11.3 Å². The second-order valence-electron chi connectivity index (χ2n) is 7.45. The SMILES string of the molecule is O=C(O)C1(NS(=O)(=O)c2ccc3c(c2)oc2cc(Cl)ccc23)CC1c1ccccc1. The molecule has 0 spiro atoms. The van der Waals surface area contributed by atoms with Crippen LogP contribution in [-0.2, 0) is 14.8 Å². The Bertz CT molecular complexity index is 1410. The number of aliphatic carboxylic acids is 1. The third kappa shape index (κ3) is 2.98. The van der Waals surface area contributed by atoms with Crippen molar-refractivity contribution in [1.82, 2.24) is 4.72 Å². The van der Waals surface area contributed by atoms with Crippen LogP contribution in [0.4, 0.5) is 0 Å². The lowest BCUT2D eigenvalue weighted by molar-refractivity contribution is -0.140. The molecule has 0 saturated heterocycles. The predicted molar refractivity (Wildman–Crippen MR) is 113 cm³/mol. The smallest absolute Gasteiger partial charge is 0.325 e. The van der Waals surface area contributed by atoms with E-state index in [4.69, 9.17) is 16.0 Å². The number of carboxylic acid groups (broad SMARTS) is 1. The van der Waals surface area contributed by atoms with Gasteiger partial charge in [-0.1, -0.05) is 41.9 Å². The van der Waals surface area contributed by atoms with Gasteiger partial charge < -0.3 is 9.52 Å². The first-order chi connectivity index (χ1) is 14.3. The highest BCUT2D eigenvalue weighted by atomic mass is 35.5. The van der Waals surface area contributed by atoms with Crippen molar-refractivity contribution < 1.29 is 22.7 Å². The fourth-order valence-corrected chi connectivity index (χ4v) is 5.52. The molecule has 0 amide bonds. The van der Waals surface area contributed by atoms with Crippen molar-refractivity contribution >= 4 is 49.5 Å². The number of carbonyl (C=O) groups is 1. The summed E-state index contributed by atoms with van der Waals surface area (Å²) in [5.74, 6) is -1.62. The Labute approximate surface area is 177 Å². The Morgan fingerprint density at radius 3 is 2.40 bits per heavy atom. The molecular weight excluding hydrogens is 426 g/mol. The van der Waals surface area contributed by atoms with E-state index in [1.54, 1.807) is 42.5 Å². The molecule has 1 aromatic heterocycles. The average molecular weight is 442 g/mol. The zero-order chi connectivity index (χ0) is 21.1. The summed E-state index contributed by atoms with van der Waals surface area (Å²) < 4.78 is 34.3. The maximum Gasteiger partial charge on any atom is 0.325 e. The van der Waals surface area contributed by atoms with E-state index < -0.39 is 27.4 Å². The topological polar surface area (TPSA) is 96.6 Å². The van der Waals surface area contributed by atoms with Gasteiger partial charge in [0.2, 0.25) is 10.0 Å². The number of benzene rings is 3. The minimum absolute atomic E-state index is 0.0560. The second kappa shape index (κ2) is 6.57. The van der Waals surface area contributed by atoms with Gasteiger partial charge in [-0.05, 0) is 36.2 Å². The molecule has 2 unspecified atom stereocenters. The Kier molecular flexibility index (Phi) is 4.18. The Hall–Kier alpha value is -2.87. The summed E-state index contributed by atoms with van der Waals surface area (Å²) in [4.78, 5) is 11.9. The number of furan rings is 1. The average Bonchev–Trinajstić information content (AvgIpc) is 3.33. The third-order valence-corrected chi connectivity index (χ3v) is 7.32. The van der Waals surface area contributed by atoms with Crippen LogP contribution in [0.15, 0.2) is 76.0 Å². The molecule has 3 aromatic carbocycles. The maximum absolute atomic E-state index is 13.0. The summed E-state index contributed by atoms with van der Waals surface area (Å²) in [7, 11) is -4.10. The van der Waals surface area contributed by atoms with Crippen molar-refractivity contribution in [1.29, 1.82) is 0 Å². The van der Waals surface area contributed by atoms with Gasteiger partial charge in [-0.2, -0.15) is 4.72 Å². The monoisotopic (exact) mass is 441 g/mol. The molecule has 2 N–H and O–H groups in total. The lowest BCUT2D eigenvalue weighted by atomic mass is 10.1. The van der Waals surface area contributed by atoms with Crippen molar-refractivity contribution in [2.75, 3.05) is 0 Å². The van der Waals surface area contributed by atoms with Crippen LogP contribution < -0.4 is 4.72 Å². The van der Waals surface area contributed by atoms with Crippen LogP contribution in [0.2, 0.25) is 5.02 Å². The molecule has 1 aliphatic rings. The minimum atomic E-state index is -4.10. The van der Waals surface area contributed by atoms with E-state index in [1.165, 1.54) is 12.1 Å². The lowest BCUT2D eigenvalue weighted by Gasteiger charge is -2.15. The largest absolute Gasteiger partial charge is 0.480 e. The molecule has 2 atom stereocenters. The van der Waals surface area contributed by atoms with Crippen LogP contribution in [-0.4, -0.2) is 25.0 Å². The Morgan fingerprint density at radius 1 is 1.03 bits per heavy atom. The number of sulfonamides is 1. The van der Waals surface area contributed by atoms with Gasteiger partial charge in [0.25, 0.3) is 0 Å². The normalized spacial score (nSPS) is 21.2. The quantitative estimate of drug-likeness (QED) is 0.474. The molecule has 1 aliphatic carbocycles. The van der Waals surface area contributed by atoms with Gasteiger partial charge in [0.15, 0.2) is 0 Å². The zero-order valence-electron chi connectivity index (χ0n) is 15.5. The van der Waals surface area contributed by atoms with E-state index in [0.29, 0.717) is 16.2 Å². The number of nitrogens with one attached hydrogen (secondary N) is 1. The lowest BCUT2D eigenvalue weighted by Crippen LogP contribution is -2.44. The first-order valence-electron chi connectivity index (χ1n) is 9.24. The van der Waals surface area contributed by atoms with Gasteiger partial charge in [-0.25, -0.2) is 8.42 Å². The highest BCUT2D eigenvalue weighted by Crippen LogP contribution is 2.52.